The van der Waals surface area contributed by atoms with E-state index >= 15 is 0 Å². The van der Waals surface area contributed by atoms with Crippen molar-refractivity contribution in [1.29, 1.82) is 0 Å². The molecule has 0 saturated heterocycles. The molecule has 3 rings (SSSR count). The summed E-state index contributed by atoms with van der Waals surface area (Å²) in [5.74, 6) is -1.11. The molecule has 0 saturated carbocycles. The van der Waals surface area contributed by atoms with E-state index in [-0.39, 0.29) is 23.5 Å². The van der Waals surface area contributed by atoms with Crippen molar-refractivity contribution in [1.82, 2.24) is 19.3 Å². The summed E-state index contributed by atoms with van der Waals surface area (Å²) in [6.07, 6.45) is 1.22. The zero-order chi connectivity index (χ0) is 22.8. The number of allylic oxidation sites excluding steroid dienone is 1. The normalized spacial score (nSPS) is 12.5. The molecule has 9 nitrogen and oxygen atoms in total. The molecule has 0 aliphatic rings. The van der Waals surface area contributed by atoms with Crippen LogP contribution in [0.25, 0.3) is 22.2 Å². The third-order valence-electron chi connectivity index (χ3n) is 4.61. The number of rotatable bonds is 7. The average molecular weight is 447 g/mol. The summed E-state index contributed by atoms with van der Waals surface area (Å²) in [4.78, 5) is 12.3. The number of hydrogen-bond donors (Lipinski definition) is 1. The number of methoxy groups -OCH3 is 1. The highest BCUT2D eigenvalue weighted by atomic mass is 32.2. The van der Waals surface area contributed by atoms with Gasteiger partial charge in [0.2, 0.25) is 10.0 Å². The number of esters is 1. The molecule has 1 aromatic heterocycles. The van der Waals surface area contributed by atoms with Crippen LogP contribution in [0.4, 0.5) is 4.39 Å². The first-order chi connectivity index (χ1) is 14.7. The van der Waals surface area contributed by atoms with Crippen LogP contribution >= 0.6 is 0 Å². The maximum absolute atomic E-state index is 14.0. The lowest BCUT2D eigenvalue weighted by molar-refractivity contribution is 0.0601. The van der Waals surface area contributed by atoms with Gasteiger partial charge in [-0.1, -0.05) is 17.3 Å². The third kappa shape index (κ3) is 4.48. The van der Waals surface area contributed by atoms with Crippen LogP contribution in [0, 0.1) is 0 Å². The fourth-order valence-corrected chi connectivity index (χ4v) is 3.96. The summed E-state index contributed by atoms with van der Waals surface area (Å²) in [5.41, 5.74) is 7.28. The van der Waals surface area contributed by atoms with Crippen molar-refractivity contribution in [2.75, 3.05) is 27.7 Å². The first kappa shape index (κ1) is 22.5. The lowest BCUT2D eigenvalue weighted by Gasteiger charge is -2.13. The Morgan fingerprint density at radius 3 is 2.68 bits per heavy atom. The Bertz CT molecular complexity index is 1270. The van der Waals surface area contributed by atoms with Crippen molar-refractivity contribution in [3.8, 4) is 11.1 Å². The molecule has 0 bridgehead atoms. The lowest BCUT2D eigenvalue weighted by atomic mass is 10.0. The summed E-state index contributed by atoms with van der Waals surface area (Å²) in [6, 6.07) is 9.29. The molecule has 0 fully saturated rings. The van der Waals surface area contributed by atoms with E-state index in [2.05, 4.69) is 10.3 Å². The maximum Gasteiger partial charge on any atom is 0.337 e. The predicted molar refractivity (Wildman–Crippen MR) is 113 cm³/mol. The summed E-state index contributed by atoms with van der Waals surface area (Å²) in [5, 5.41) is 8.13. The molecule has 0 aliphatic heterocycles. The van der Waals surface area contributed by atoms with Gasteiger partial charge in [-0.3, -0.25) is 0 Å². The molecule has 164 valence electrons. The van der Waals surface area contributed by atoms with Gasteiger partial charge in [0, 0.05) is 26.2 Å². The first-order valence-electron chi connectivity index (χ1n) is 9.22. The predicted octanol–water partition coefficient (Wildman–Crippen LogP) is 1.95. The molecule has 3 aromatic rings. The van der Waals surface area contributed by atoms with E-state index in [0.29, 0.717) is 22.2 Å². The molecule has 31 heavy (non-hydrogen) atoms. The van der Waals surface area contributed by atoms with E-state index in [4.69, 9.17) is 10.5 Å². The number of ether oxygens (including phenoxy) is 1. The summed E-state index contributed by atoms with van der Waals surface area (Å²) in [7, 11) is 0.444. The first-order valence-corrected chi connectivity index (χ1v) is 10.7. The van der Waals surface area contributed by atoms with E-state index in [9.17, 15) is 17.6 Å². The highest BCUT2D eigenvalue weighted by molar-refractivity contribution is 7.89. The van der Waals surface area contributed by atoms with Gasteiger partial charge in [-0.25, -0.2) is 26.6 Å². The van der Waals surface area contributed by atoms with Crippen LogP contribution in [0.3, 0.4) is 0 Å². The number of benzene rings is 2. The van der Waals surface area contributed by atoms with Crippen LogP contribution < -0.4 is 5.73 Å². The number of carbonyl (C=O) groups is 1. The molecule has 11 heteroatoms. The minimum atomic E-state index is -3.68. The Balaban J connectivity index is 2.24. The SMILES string of the molecule is COC(=O)c1cc(-c2cccc(S(=O)(=O)N(C)C)c2)c2nnn(C/C(F)=C/CN)c2c1. The number of aromatic nitrogens is 3. The topological polar surface area (TPSA) is 120 Å². The molecule has 0 aliphatic carbocycles. The standard InChI is InChI=1S/C20H22FN5O4S/c1-25(2)31(28,29)16-6-4-5-13(9-16)17-10-14(20(27)30-3)11-18-19(17)23-24-26(18)12-15(21)7-8-22/h4-7,9-11H,8,12,22H2,1-3H3/b15-7-. The van der Waals surface area contributed by atoms with Crippen LogP contribution in [0.5, 0.6) is 0 Å². The molecule has 0 radical (unpaired) electrons. The van der Waals surface area contributed by atoms with Gasteiger partial charge in [-0.05, 0) is 35.9 Å². The van der Waals surface area contributed by atoms with E-state index in [1.165, 1.54) is 50.2 Å². The Labute approximate surface area is 178 Å². The van der Waals surface area contributed by atoms with Gasteiger partial charge in [-0.2, -0.15) is 0 Å². The van der Waals surface area contributed by atoms with Gasteiger partial charge >= 0.3 is 5.97 Å². The van der Waals surface area contributed by atoms with Gasteiger partial charge in [-0.15, -0.1) is 5.10 Å². The second-order valence-corrected chi connectivity index (χ2v) is 8.98. The van der Waals surface area contributed by atoms with Gasteiger partial charge in [0.05, 0.1) is 29.6 Å². The molecule has 0 spiro atoms. The molecule has 2 N–H and O–H groups in total. The minimum absolute atomic E-state index is 0.0320. The Morgan fingerprint density at radius 1 is 1.29 bits per heavy atom. The number of fused-ring (bicyclic) bond motifs is 1. The molecule has 0 amide bonds. The van der Waals surface area contributed by atoms with Crippen molar-refractivity contribution in [2.45, 2.75) is 11.4 Å². The van der Waals surface area contributed by atoms with Gasteiger partial charge < -0.3 is 10.5 Å². The van der Waals surface area contributed by atoms with Crippen molar-refractivity contribution < 1.29 is 22.3 Å². The highest BCUT2D eigenvalue weighted by Crippen LogP contribution is 2.31. The second kappa shape index (κ2) is 8.92. The van der Waals surface area contributed by atoms with Crippen LogP contribution in [0.2, 0.25) is 0 Å². The van der Waals surface area contributed by atoms with Crippen LogP contribution in [0.1, 0.15) is 10.4 Å². The number of sulfonamides is 1. The minimum Gasteiger partial charge on any atom is -0.465 e. The van der Waals surface area contributed by atoms with Crippen molar-refractivity contribution in [2.24, 2.45) is 5.73 Å². The van der Waals surface area contributed by atoms with E-state index in [1.54, 1.807) is 18.2 Å². The monoisotopic (exact) mass is 447 g/mol. The molecule has 0 unspecified atom stereocenters. The Morgan fingerprint density at radius 2 is 2.03 bits per heavy atom. The van der Waals surface area contributed by atoms with Gasteiger partial charge in [0.15, 0.2) is 0 Å². The quantitative estimate of drug-likeness (QED) is 0.550. The van der Waals surface area contributed by atoms with E-state index < -0.39 is 21.8 Å². The zero-order valence-electron chi connectivity index (χ0n) is 17.2. The van der Waals surface area contributed by atoms with Gasteiger partial charge in [0.1, 0.15) is 11.3 Å². The molecule has 0 atom stereocenters. The van der Waals surface area contributed by atoms with Crippen molar-refractivity contribution >= 4 is 27.0 Å². The smallest absolute Gasteiger partial charge is 0.337 e. The van der Waals surface area contributed by atoms with E-state index in [1.807, 2.05) is 0 Å². The largest absolute Gasteiger partial charge is 0.465 e. The summed E-state index contributed by atoms with van der Waals surface area (Å²) < 4.78 is 46.4. The number of nitrogens with two attached hydrogens (primary N) is 1. The number of hydrogen-bond acceptors (Lipinski definition) is 7. The Kier molecular flexibility index (Phi) is 6.48. The zero-order valence-corrected chi connectivity index (χ0v) is 18.1. The third-order valence-corrected chi connectivity index (χ3v) is 6.42. The highest BCUT2D eigenvalue weighted by Gasteiger charge is 2.21. The summed E-state index contributed by atoms with van der Waals surface area (Å²) in [6.45, 7) is -0.183. The molecule has 2 aromatic carbocycles. The lowest BCUT2D eigenvalue weighted by Crippen LogP contribution is -2.22. The number of nitrogens with zero attached hydrogens (tertiary/aromatic N) is 4. The second-order valence-electron chi connectivity index (χ2n) is 6.83. The van der Waals surface area contributed by atoms with E-state index in [0.717, 1.165) is 4.31 Å². The van der Waals surface area contributed by atoms with Crippen molar-refractivity contribution in [3.05, 3.63) is 53.9 Å². The fraction of sp³-hybridized carbons (Fsp3) is 0.250. The molecular weight excluding hydrogens is 425 g/mol. The fourth-order valence-electron chi connectivity index (χ4n) is 3.01. The molecule has 1 heterocycles. The van der Waals surface area contributed by atoms with Crippen molar-refractivity contribution in [3.63, 3.8) is 0 Å². The summed E-state index contributed by atoms with van der Waals surface area (Å²) >= 11 is 0. The number of carbonyl (C=O) groups excluding carboxylic acids is 1. The maximum atomic E-state index is 14.0. The average Bonchev–Trinajstić information content (AvgIpc) is 3.15. The van der Waals surface area contributed by atoms with Crippen LogP contribution in [-0.4, -0.2) is 61.4 Å². The Hall–Kier alpha value is -3.15. The van der Waals surface area contributed by atoms with Gasteiger partial charge in [0.25, 0.3) is 0 Å². The number of halogens is 1. The van der Waals surface area contributed by atoms with Crippen LogP contribution in [-0.2, 0) is 21.3 Å². The molecular formula is C20H22FN5O4S. The van der Waals surface area contributed by atoms with Crippen LogP contribution in [0.15, 0.2) is 53.2 Å².